The molecule has 12 heteroatoms. The van der Waals surface area contributed by atoms with Crippen LogP contribution in [0.4, 0.5) is 13.2 Å². The number of methoxy groups -OCH3 is 1. The van der Waals surface area contributed by atoms with Gasteiger partial charge in [-0.1, -0.05) is 0 Å². The first-order valence-electron chi connectivity index (χ1n) is 13.2. The number of aliphatic hydroxyl groups is 2. The molecule has 41 heavy (non-hydrogen) atoms. The van der Waals surface area contributed by atoms with Gasteiger partial charge in [-0.3, -0.25) is 14.4 Å². The van der Waals surface area contributed by atoms with E-state index < -0.39 is 47.7 Å². The van der Waals surface area contributed by atoms with Gasteiger partial charge < -0.3 is 29.9 Å². The normalized spacial score (nSPS) is 23.0. The number of aliphatic hydroxyl groups excluding tert-OH is 2. The molecule has 2 aromatic carbocycles. The second-order valence-electron chi connectivity index (χ2n) is 10.4. The van der Waals surface area contributed by atoms with Gasteiger partial charge in [-0.15, -0.1) is 0 Å². The maximum atomic E-state index is 13.7. The molecule has 5 rings (SSSR count). The van der Waals surface area contributed by atoms with E-state index in [0.29, 0.717) is 11.8 Å². The van der Waals surface area contributed by atoms with Crippen molar-refractivity contribution in [3.8, 4) is 11.5 Å². The standard InChI is InChI=1S/C29H29F3N2O7/c1-40-22-11-16(14-36)10-19-23-20(27(38)33-8-9-35)12-21(24(37)26(23)41-25(19)22)34(13-15-2-3-15)28(39)17-4-6-18(7-5-17)29(30,31)32/h4-7,10-12,14-15,21,23-24,26,35,37H,2-3,8-9,13H2,1H3,(H,33,38)/t21-,23+,24+,26+/m1/s1. The molecule has 0 bridgehead atoms. The van der Waals surface area contributed by atoms with E-state index in [2.05, 4.69) is 5.32 Å². The molecule has 1 aliphatic heterocycles. The lowest BCUT2D eigenvalue weighted by molar-refractivity contribution is -0.137. The van der Waals surface area contributed by atoms with Gasteiger partial charge in [0.15, 0.2) is 11.5 Å². The van der Waals surface area contributed by atoms with Gasteiger partial charge in [0.25, 0.3) is 5.91 Å². The number of rotatable bonds is 9. The Morgan fingerprint density at radius 3 is 2.49 bits per heavy atom. The summed E-state index contributed by atoms with van der Waals surface area (Å²) < 4.78 is 50.9. The molecule has 0 aromatic heterocycles. The van der Waals surface area contributed by atoms with Crippen LogP contribution < -0.4 is 14.8 Å². The van der Waals surface area contributed by atoms with Crippen molar-refractivity contribution in [3.63, 3.8) is 0 Å². The summed E-state index contributed by atoms with van der Waals surface area (Å²) >= 11 is 0. The van der Waals surface area contributed by atoms with Crippen molar-refractivity contribution < 1.29 is 47.2 Å². The molecule has 0 radical (unpaired) electrons. The molecule has 0 saturated heterocycles. The SMILES string of the molecule is COc1cc(C=O)cc2c1O[C@@H]1[C@@H](O)[C@H](N(CC3CC3)C(=O)c3ccc(C(F)(F)F)cc3)C=C(C(=O)NCCO)[C@H]21. The van der Waals surface area contributed by atoms with E-state index in [1.165, 1.54) is 24.2 Å². The molecule has 2 aromatic rings. The van der Waals surface area contributed by atoms with E-state index in [0.717, 1.165) is 37.1 Å². The first-order valence-corrected chi connectivity index (χ1v) is 13.2. The molecule has 2 amide bonds. The van der Waals surface area contributed by atoms with Crippen LogP contribution in [0.5, 0.6) is 11.5 Å². The Labute approximate surface area is 233 Å². The third kappa shape index (κ3) is 5.53. The second-order valence-corrected chi connectivity index (χ2v) is 10.4. The molecule has 0 unspecified atom stereocenters. The number of alkyl halides is 3. The zero-order valence-electron chi connectivity index (χ0n) is 22.1. The summed E-state index contributed by atoms with van der Waals surface area (Å²) in [6, 6.07) is 5.79. The number of carbonyl (C=O) groups is 3. The fraction of sp³-hybridized carbons (Fsp3) is 0.414. The van der Waals surface area contributed by atoms with Gasteiger partial charge in [-0.05, 0) is 61.2 Å². The average Bonchev–Trinajstić information content (AvgIpc) is 3.71. The number of aldehydes is 1. The first-order chi connectivity index (χ1) is 19.6. The molecule has 218 valence electrons. The van der Waals surface area contributed by atoms with Crippen molar-refractivity contribution in [1.29, 1.82) is 0 Å². The van der Waals surface area contributed by atoms with Crippen molar-refractivity contribution >= 4 is 18.1 Å². The number of fused-ring (bicyclic) bond motifs is 3. The maximum Gasteiger partial charge on any atom is 0.416 e. The summed E-state index contributed by atoms with van der Waals surface area (Å²) in [7, 11) is 1.39. The lowest BCUT2D eigenvalue weighted by atomic mass is 9.77. The fourth-order valence-corrected chi connectivity index (χ4v) is 5.44. The van der Waals surface area contributed by atoms with Gasteiger partial charge in [0, 0.05) is 35.4 Å². The number of hydrogen-bond acceptors (Lipinski definition) is 7. The molecule has 0 spiro atoms. The molecule has 1 saturated carbocycles. The van der Waals surface area contributed by atoms with Crippen molar-refractivity contribution in [2.45, 2.75) is 43.2 Å². The van der Waals surface area contributed by atoms with Crippen LogP contribution in [-0.4, -0.2) is 78.3 Å². The van der Waals surface area contributed by atoms with E-state index in [1.54, 1.807) is 6.07 Å². The highest BCUT2D eigenvalue weighted by Crippen LogP contribution is 2.51. The molecule has 3 aliphatic rings. The van der Waals surface area contributed by atoms with Crippen molar-refractivity contribution in [3.05, 3.63) is 70.3 Å². The topological polar surface area (TPSA) is 125 Å². The summed E-state index contributed by atoms with van der Waals surface area (Å²) in [6.07, 6.45) is -3.19. The van der Waals surface area contributed by atoms with Gasteiger partial charge in [0.05, 0.1) is 31.2 Å². The lowest BCUT2D eigenvalue weighted by Crippen LogP contribution is -2.56. The van der Waals surface area contributed by atoms with Gasteiger partial charge >= 0.3 is 6.18 Å². The zero-order valence-corrected chi connectivity index (χ0v) is 22.1. The zero-order chi connectivity index (χ0) is 29.5. The minimum atomic E-state index is -4.57. The Bertz CT molecular complexity index is 1370. The molecule has 3 N–H and O–H groups in total. The lowest BCUT2D eigenvalue weighted by Gasteiger charge is -2.41. The van der Waals surface area contributed by atoms with Gasteiger partial charge in [-0.2, -0.15) is 13.2 Å². The van der Waals surface area contributed by atoms with Crippen LogP contribution in [0.25, 0.3) is 0 Å². The summed E-state index contributed by atoms with van der Waals surface area (Å²) in [5.41, 5.74) is -0.0254. The Hall–Kier alpha value is -3.90. The van der Waals surface area contributed by atoms with E-state index in [9.17, 15) is 37.8 Å². The van der Waals surface area contributed by atoms with E-state index in [4.69, 9.17) is 9.47 Å². The second kappa shape index (κ2) is 11.2. The third-order valence-electron chi connectivity index (χ3n) is 7.64. The molecular formula is C29H29F3N2O7. The number of benzene rings is 2. The minimum Gasteiger partial charge on any atom is -0.493 e. The first kappa shape index (κ1) is 28.6. The molecule has 9 nitrogen and oxygen atoms in total. The number of amides is 2. The van der Waals surface area contributed by atoms with Crippen molar-refractivity contribution in [2.24, 2.45) is 5.92 Å². The highest BCUT2D eigenvalue weighted by molar-refractivity contribution is 5.98. The Morgan fingerprint density at radius 2 is 1.90 bits per heavy atom. The van der Waals surface area contributed by atoms with Crippen LogP contribution in [0.2, 0.25) is 0 Å². The van der Waals surface area contributed by atoms with Gasteiger partial charge in [0.2, 0.25) is 5.91 Å². The van der Waals surface area contributed by atoms with Crippen LogP contribution in [-0.2, 0) is 11.0 Å². The number of carbonyl (C=O) groups excluding carboxylic acids is 3. The van der Waals surface area contributed by atoms with E-state index >= 15 is 0 Å². The van der Waals surface area contributed by atoms with Gasteiger partial charge in [0.1, 0.15) is 18.5 Å². The molecule has 4 atom stereocenters. The van der Waals surface area contributed by atoms with E-state index in [1.807, 2.05) is 0 Å². The summed E-state index contributed by atoms with van der Waals surface area (Å²) in [5.74, 6) is -1.38. The Kier molecular flexibility index (Phi) is 7.80. The molecule has 1 fully saturated rings. The highest BCUT2D eigenvalue weighted by Gasteiger charge is 2.52. The summed E-state index contributed by atoms with van der Waals surface area (Å²) in [5, 5.41) is 23.5. The summed E-state index contributed by atoms with van der Waals surface area (Å²) in [4.78, 5) is 40.1. The third-order valence-corrected chi connectivity index (χ3v) is 7.64. The van der Waals surface area contributed by atoms with Crippen molar-refractivity contribution in [2.75, 3.05) is 26.8 Å². The molecule has 2 aliphatic carbocycles. The Morgan fingerprint density at radius 1 is 1.20 bits per heavy atom. The minimum absolute atomic E-state index is 0.000533. The molecular weight excluding hydrogens is 545 g/mol. The smallest absolute Gasteiger partial charge is 0.416 e. The van der Waals surface area contributed by atoms with Crippen LogP contribution in [0, 0.1) is 5.92 Å². The quantitative estimate of drug-likeness (QED) is 0.394. The monoisotopic (exact) mass is 574 g/mol. The predicted octanol–water partition coefficient (Wildman–Crippen LogP) is 2.70. The highest BCUT2D eigenvalue weighted by atomic mass is 19.4. The summed E-state index contributed by atoms with van der Waals surface area (Å²) in [6.45, 7) is -0.162. The largest absolute Gasteiger partial charge is 0.493 e. The van der Waals surface area contributed by atoms with Crippen molar-refractivity contribution in [1.82, 2.24) is 10.2 Å². The number of halogens is 3. The molecule has 1 heterocycles. The fourth-order valence-electron chi connectivity index (χ4n) is 5.44. The van der Waals surface area contributed by atoms with E-state index in [-0.39, 0.29) is 53.8 Å². The predicted molar refractivity (Wildman–Crippen MR) is 139 cm³/mol. The maximum absolute atomic E-state index is 13.7. The van der Waals surface area contributed by atoms with Crippen LogP contribution in [0.3, 0.4) is 0 Å². The van der Waals surface area contributed by atoms with Crippen LogP contribution >= 0.6 is 0 Å². The average molecular weight is 575 g/mol. The van der Waals surface area contributed by atoms with Gasteiger partial charge in [-0.25, -0.2) is 0 Å². The number of nitrogens with one attached hydrogen (secondary N) is 1. The van der Waals surface area contributed by atoms with Crippen LogP contribution in [0.15, 0.2) is 48.0 Å². The number of ether oxygens (including phenoxy) is 2. The Balaban J connectivity index is 1.57. The number of nitrogens with zero attached hydrogens (tertiary/aromatic N) is 1. The number of hydrogen-bond donors (Lipinski definition) is 3. The van der Waals surface area contributed by atoms with Crippen LogP contribution in [0.1, 0.15) is 50.6 Å².